The van der Waals surface area contributed by atoms with E-state index in [0.717, 1.165) is 11.6 Å². The highest BCUT2D eigenvalue weighted by atomic mass is 19.4. The van der Waals surface area contributed by atoms with Gasteiger partial charge in [0.05, 0.1) is 11.1 Å². The van der Waals surface area contributed by atoms with Crippen molar-refractivity contribution in [3.63, 3.8) is 0 Å². The molecule has 1 heterocycles. The summed E-state index contributed by atoms with van der Waals surface area (Å²) in [5.74, 6) is 0.428. The lowest BCUT2D eigenvalue weighted by atomic mass is 9.93. The predicted octanol–water partition coefficient (Wildman–Crippen LogP) is 6.94. The first kappa shape index (κ1) is 23.5. The van der Waals surface area contributed by atoms with Crippen molar-refractivity contribution in [2.24, 2.45) is 0 Å². The van der Waals surface area contributed by atoms with Crippen molar-refractivity contribution in [2.45, 2.75) is 19.3 Å². The third-order valence-corrected chi connectivity index (χ3v) is 5.98. The maximum Gasteiger partial charge on any atom is 0.417 e. The van der Waals surface area contributed by atoms with E-state index < -0.39 is 17.6 Å². The zero-order valence-corrected chi connectivity index (χ0v) is 19.2. The Balaban J connectivity index is 1.60. The number of fused-ring (bicyclic) bond motifs is 1. The summed E-state index contributed by atoms with van der Waals surface area (Å²) in [6.07, 6.45) is -4.70. The van der Waals surface area contributed by atoms with E-state index in [2.05, 4.69) is 0 Å². The first-order valence-corrected chi connectivity index (χ1v) is 11.4. The maximum atomic E-state index is 14.2. The molecule has 4 aromatic carbocycles. The third kappa shape index (κ3) is 4.91. The van der Waals surface area contributed by atoms with Crippen molar-refractivity contribution in [3.05, 3.63) is 119 Å². The number of carbonyl (C=O) groups is 1. The van der Waals surface area contributed by atoms with Crippen molar-refractivity contribution in [1.29, 1.82) is 0 Å². The Morgan fingerprint density at radius 1 is 0.750 bits per heavy atom. The van der Waals surface area contributed by atoms with Gasteiger partial charge >= 0.3 is 6.18 Å². The normalized spacial score (nSPS) is 12.4. The molecule has 0 atom stereocenters. The van der Waals surface area contributed by atoms with Crippen molar-refractivity contribution in [1.82, 2.24) is 4.90 Å². The van der Waals surface area contributed by atoms with E-state index in [9.17, 15) is 18.0 Å². The Labute approximate surface area is 206 Å². The minimum atomic E-state index is -4.70. The van der Waals surface area contributed by atoms with Gasteiger partial charge in [0.1, 0.15) is 0 Å². The van der Waals surface area contributed by atoms with Crippen molar-refractivity contribution < 1.29 is 27.4 Å². The minimum absolute atomic E-state index is 0.0881. The van der Waals surface area contributed by atoms with Crippen LogP contribution < -0.4 is 9.47 Å². The molecule has 1 amide bonds. The molecule has 182 valence electrons. The van der Waals surface area contributed by atoms with Gasteiger partial charge in [0.25, 0.3) is 5.91 Å². The van der Waals surface area contributed by atoms with Gasteiger partial charge in [0.2, 0.25) is 6.79 Å². The van der Waals surface area contributed by atoms with Crippen molar-refractivity contribution in [3.8, 4) is 22.6 Å². The Morgan fingerprint density at radius 2 is 1.42 bits per heavy atom. The maximum absolute atomic E-state index is 14.2. The zero-order valence-electron chi connectivity index (χ0n) is 19.2. The molecule has 0 aromatic heterocycles. The van der Waals surface area contributed by atoms with Gasteiger partial charge in [-0.05, 0) is 40.5 Å². The van der Waals surface area contributed by atoms with Crippen LogP contribution in [0.2, 0.25) is 0 Å². The van der Waals surface area contributed by atoms with Gasteiger partial charge in [-0.1, -0.05) is 78.9 Å². The Kier molecular flexibility index (Phi) is 6.38. The number of hydrogen-bond acceptors (Lipinski definition) is 3. The van der Waals surface area contributed by atoms with Crippen LogP contribution in [0.3, 0.4) is 0 Å². The molecule has 0 aliphatic carbocycles. The molecular formula is C29H22F3NO3. The molecule has 0 N–H and O–H groups in total. The second-order valence-corrected chi connectivity index (χ2v) is 8.43. The Hall–Kier alpha value is -4.26. The number of carbonyl (C=O) groups excluding carboxylic acids is 1. The predicted molar refractivity (Wildman–Crippen MR) is 129 cm³/mol. The standard InChI is InChI=1S/C29H22F3NO3/c30-29(31,32)24-13-7-12-23(22-10-5-2-6-11-22)27(24)28(34)33(17-20-8-3-1-4-9-20)18-21-14-15-25-26(16-21)36-19-35-25/h1-16H,17-19H2. The summed E-state index contributed by atoms with van der Waals surface area (Å²) in [5.41, 5.74) is 0.964. The lowest BCUT2D eigenvalue weighted by Gasteiger charge is -2.26. The van der Waals surface area contributed by atoms with Crippen LogP contribution in [-0.2, 0) is 19.3 Å². The molecule has 0 saturated heterocycles. The highest BCUT2D eigenvalue weighted by Crippen LogP contribution is 2.38. The zero-order chi connectivity index (χ0) is 25.1. The number of ether oxygens (including phenoxy) is 2. The molecule has 7 heteroatoms. The lowest BCUT2D eigenvalue weighted by molar-refractivity contribution is -0.138. The summed E-state index contributed by atoms with van der Waals surface area (Å²) in [5, 5.41) is 0. The molecule has 0 unspecified atom stereocenters. The average Bonchev–Trinajstić information content (AvgIpc) is 3.36. The highest BCUT2D eigenvalue weighted by molar-refractivity contribution is 6.02. The topological polar surface area (TPSA) is 38.8 Å². The smallest absolute Gasteiger partial charge is 0.417 e. The summed E-state index contributed by atoms with van der Waals surface area (Å²) in [7, 11) is 0. The molecule has 0 bridgehead atoms. The fourth-order valence-electron chi connectivity index (χ4n) is 4.30. The molecule has 4 aromatic rings. The summed E-state index contributed by atoms with van der Waals surface area (Å²) in [6, 6.07) is 27.0. The average molecular weight is 489 g/mol. The van der Waals surface area contributed by atoms with Gasteiger partial charge in [-0.15, -0.1) is 0 Å². The number of benzene rings is 4. The number of nitrogens with zero attached hydrogens (tertiary/aromatic N) is 1. The van der Waals surface area contributed by atoms with Gasteiger partial charge < -0.3 is 14.4 Å². The van der Waals surface area contributed by atoms with Gasteiger partial charge in [0.15, 0.2) is 11.5 Å². The second-order valence-electron chi connectivity index (χ2n) is 8.43. The highest BCUT2D eigenvalue weighted by Gasteiger charge is 2.38. The first-order valence-electron chi connectivity index (χ1n) is 11.4. The fourth-order valence-corrected chi connectivity index (χ4v) is 4.30. The van der Waals surface area contributed by atoms with E-state index in [0.29, 0.717) is 22.6 Å². The molecule has 36 heavy (non-hydrogen) atoms. The van der Waals surface area contributed by atoms with Crippen LogP contribution in [0.5, 0.6) is 11.5 Å². The molecular weight excluding hydrogens is 467 g/mol. The van der Waals surface area contributed by atoms with Crippen LogP contribution in [0, 0.1) is 0 Å². The number of halogens is 3. The number of amides is 1. The van der Waals surface area contributed by atoms with Crippen molar-refractivity contribution in [2.75, 3.05) is 6.79 Å². The quantitative estimate of drug-likeness (QED) is 0.294. The molecule has 0 fully saturated rings. The summed E-state index contributed by atoms with van der Waals surface area (Å²) in [6.45, 7) is 0.324. The largest absolute Gasteiger partial charge is 0.454 e. The lowest BCUT2D eigenvalue weighted by Crippen LogP contribution is -2.32. The summed E-state index contributed by atoms with van der Waals surface area (Å²) < 4.78 is 53.3. The molecule has 0 spiro atoms. The summed E-state index contributed by atoms with van der Waals surface area (Å²) >= 11 is 0. The van der Waals surface area contributed by atoms with E-state index in [1.807, 2.05) is 30.3 Å². The van der Waals surface area contributed by atoms with E-state index in [4.69, 9.17) is 9.47 Å². The van der Waals surface area contributed by atoms with Gasteiger partial charge in [-0.3, -0.25) is 4.79 Å². The van der Waals surface area contributed by atoms with E-state index >= 15 is 0 Å². The van der Waals surface area contributed by atoms with Crippen LogP contribution in [0.15, 0.2) is 97.1 Å². The van der Waals surface area contributed by atoms with E-state index in [-0.39, 0.29) is 31.0 Å². The third-order valence-electron chi connectivity index (χ3n) is 5.98. The first-order chi connectivity index (χ1) is 17.4. The number of hydrogen-bond donors (Lipinski definition) is 0. The van der Waals surface area contributed by atoms with Crippen LogP contribution in [0.1, 0.15) is 27.0 Å². The van der Waals surface area contributed by atoms with E-state index in [1.54, 1.807) is 54.6 Å². The minimum Gasteiger partial charge on any atom is -0.454 e. The Bertz CT molecular complexity index is 1370. The molecule has 4 nitrogen and oxygen atoms in total. The monoisotopic (exact) mass is 489 g/mol. The van der Waals surface area contributed by atoms with Crippen LogP contribution in [0.4, 0.5) is 13.2 Å². The van der Waals surface area contributed by atoms with Crippen LogP contribution >= 0.6 is 0 Å². The fraction of sp³-hybridized carbons (Fsp3) is 0.138. The van der Waals surface area contributed by atoms with Crippen LogP contribution in [0.25, 0.3) is 11.1 Å². The molecule has 0 radical (unpaired) electrons. The van der Waals surface area contributed by atoms with Gasteiger partial charge in [0, 0.05) is 13.1 Å². The van der Waals surface area contributed by atoms with Crippen LogP contribution in [-0.4, -0.2) is 17.6 Å². The molecule has 1 aliphatic heterocycles. The molecule has 5 rings (SSSR count). The summed E-state index contributed by atoms with van der Waals surface area (Å²) in [4.78, 5) is 15.5. The molecule has 1 aliphatic rings. The van der Waals surface area contributed by atoms with Crippen molar-refractivity contribution >= 4 is 5.91 Å². The number of rotatable bonds is 6. The molecule has 0 saturated carbocycles. The van der Waals surface area contributed by atoms with Gasteiger partial charge in [-0.25, -0.2) is 0 Å². The Morgan fingerprint density at radius 3 is 2.14 bits per heavy atom. The van der Waals surface area contributed by atoms with Gasteiger partial charge in [-0.2, -0.15) is 13.2 Å². The van der Waals surface area contributed by atoms with E-state index in [1.165, 1.54) is 11.0 Å². The second kappa shape index (κ2) is 9.77. The number of alkyl halides is 3. The SMILES string of the molecule is O=C(c1c(-c2ccccc2)cccc1C(F)(F)F)N(Cc1ccccc1)Cc1ccc2c(c1)OCO2.